The predicted octanol–water partition coefficient (Wildman–Crippen LogP) is 4.73. The molecule has 0 bridgehead atoms. The van der Waals surface area contributed by atoms with Gasteiger partial charge < -0.3 is 25.2 Å². The molecule has 0 saturated carbocycles. The lowest BCUT2D eigenvalue weighted by Crippen LogP contribution is -2.45. The molecule has 5 rings (SSSR count). The zero-order valence-electron chi connectivity index (χ0n) is 22.0. The minimum atomic E-state index is -0.223. The van der Waals surface area contributed by atoms with Gasteiger partial charge >= 0.3 is 0 Å². The molecule has 2 aromatic rings. The van der Waals surface area contributed by atoms with Crippen molar-refractivity contribution < 1.29 is 9.13 Å². The smallest absolute Gasteiger partial charge is 0.232 e. The molecule has 2 N–H and O–H groups in total. The van der Waals surface area contributed by atoms with Gasteiger partial charge in [-0.2, -0.15) is 9.97 Å². The average Bonchev–Trinajstić information content (AvgIpc) is 3.43. The van der Waals surface area contributed by atoms with Gasteiger partial charge in [-0.25, -0.2) is 4.39 Å². The van der Waals surface area contributed by atoms with E-state index in [1.807, 2.05) is 12.1 Å². The maximum atomic E-state index is 13.6. The molecule has 1 aromatic carbocycles. The lowest BCUT2D eigenvalue weighted by Gasteiger charge is -2.38. The highest BCUT2D eigenvalue weighted by molar-refractivity contribution is 7.80. The van der Waals surface area contributed by atoms with E-state index in [0.717, 1.165) is 56.2 Å². The molecule has 0 amide bonds. The van der Waals surface area contributed by atoms with Crippen LogP contribution in [0.4, 0.5) is 22.0 Å². The molecule has 3 saturated heterocycles. The zero-order chi connectivity index (χ0) is 25.8. The maximum absolute atomic E-state index is 13.6. The third-order valence-corrected chi connectivity index (χ3v) is 8.29. The molecule has 3 fully saturated rings. The van der Waals surface area contributed by atoms with Crippen LogP contribution in [0, 0.1) is 17.7 Å². The van der Waals surface area contributed by atoms with E-state index in [9.17, 15) is 4.39 Å². The summed E-state index contributed by atoms with van der Waals surface area (Å²) in [6, 6.07) is 8.97. The van der Waals surface area contributed by atoms with Gasteiger partial charge in [0.25, 0.3) is 0 Å². The summed E-state index contributed by atoms with van der Waals surface area (Å²) in [4.78, 5) is 14.5. The fourth-order valence-corrected chi connectivity index (χ4v) is 6.29. The molecule has 2 atom stereocenters. The van der Waals surface area contributed by atoms with Crippen LogP contribution in [-0.2, 0) is 10.2 Å². The summed E-state index contributed by atoms with van der Waals surface area (Å²) in [7, 11) is 0. The Morgan fingerprint density at radius 1 is 1.03 bits per heavy atom. The summed E-state index contributed by atoms with van der Waals surface area (Å²) < 4.78 is 19.2. The summed E-state index contributed by atoms with van der Waals surface area (Å²) in [5.74, 6) is 3.51. The predicted molar refractivity (Wildman–Crippen MR) is 151 cm³/mol. The molecule has 4 heterocycles. The van der Waals surface area contributed by atoms with Gasteiger partial charge in [-0.1, -0.05) is 26.0 Å². The number of anilines is 3. The van der Waals surface area contributed by atoms with E-state index in [-0.39, 0.29) is 11.2 Å². The van der Waals surface area contributed by atoms with Crippen molar-refractivity contribution in [3.05, 3.63) is 41.7 Å². The number of nitrogens with zero attached hydrogens (tertiary/aromatic N) is 4. The van der Waals surface area contributed by atoms with Crippen LogP contribution in [0.3, 0.4) is 0 Å². The number of hydrogen-bond acceptors (Lipinski definition) is 6. The first-order chi connectivity index (χ1) is 17.9. The third-order valence-electron chi connectivity index (χ3n) is 8.04. The second-order valence-electron chi connectivity index (χ2n) is 11.2. The second kappa shape index (κ2) is 11.5. The molecule has 3 aliphatic rings. The summed E-state index contributed by atoms with van der Waals surface area (Å²) in [5.41, 5.74) is 0.941. The Balaban J connectivity index is 1.32. The fraction of sp³-hybridized carbons (Fsp3) is 0.607. The van der Waals surface area contributed by atoms with E-state index < -0.39 is 0 Å². The fourth-order valence-electron chi connectivity index (χ4n) is 6.13. The third kappa shape index (κ3) is 6.32. The number of aromatic nitrogens is 2. The number of thiocarbonyl (C=S) groups is 1. The number of ether oxygens (including phenoxy) is 1. The van der Waals surface area contributed by atoms with Gasteiger partial charge in [0.15, 0.2) is 5.11 Å². The highest BCUT2D eigenvalue weighted by Crippen LogP contribution is 2.34. The minimum absolute atomic E-state index is 0.165. The Morgan fingerprint density at radius 3 is 2.30 bits per heavy atom. The molecule has 200 valence electrons. The molecule has 9 heteroatoms. The van der Waals surface area contributed by atoms with Crippen molar-refractivity contribution in [2.24, 2.45) is 11.8 Å². The Morgan fingerprint density at radius 2 is 1.65 bits per heavy atom. The number of hydrogen-bond donors (Lipinski definition) is 2. The van der Waals surface area contributed by atoms with E-state index in [1.54, 1.807) is 0 Å². The van der Waals surface area contributed by atoms with Crippen LogP contribution in [0.1, 0.15) is 51.5 Å². The monoisotopic (exact) mass is 526 g/mol. The van der Waals surface area contributed by atoms with Crippen LogP contribution in [0.5, 0.6) is 0 Å². The first-order valence-corrected chi connectivity index (χ1v) is 14.1. The standard InChI is InChI=1S/C28H39FN6OS/c1-20-15-21(2)18-35(17-20)25-16-24(34-11-3-4-12-34)31-26(32-25)33-27(37)30-19-28(9-13-36-14-10-28)22-5-7-23(29)8-6-22/h5-8,16,20-21H,3-4,9-15,17-19H2,1-2H3,(H2,30,31,32,33,37). The van der Waals surface area contributed by atoms with Crippen LogP contribution in [0.25, 0.3) is 0 Å². The van der Waals surface area contributed by atoms with Crippen molar-refractivity contribution >= 4 is 34.9 Å². The van der Waals surface area contributed by atoms with Crippen molar-refractivity contribution in [1.82, 2.24) is 15.3 Å². The van der Waals surface area contributed by atoms with Crippen molar-refractivity contribution in [3.8, 4) is 0 Å². The Labute approximate surface area is 225 Å². The largest absolute Gasteiger partial charge is 0.381 e. The Bertz CT molecular complexity index is 1060. The van der Waals surface area contributed by atoms with Gasteiger partial charge in [0.05, 0.1) is 0 Å². The SMILES string of the molecule is CC1CC(C)CN(c2cc(N3CCCC3)nc(NC(=S)NCC3(c4ccc(F)cc4)CCOCC3)n2)C1. The number of benzene rings is 1. The second-order valence-corrected chi connectivity index (χ2v) is 11.6. The number of piperidine rings is 1. The van der Waals surface area contributed by atoms with Crippen molar-refractivity contribution in [2.45, 2.75) is 51.4 Å². The highest BCUT2D eigenvalue weighted by Gasteiger charge is 2.35. The van der Waals surface area contributed by atoms with E-state index >= 15 is 0 Å². The molecule has 0 spiro atoms. The summed E-state index contributed by atoms with van der Waals surface area (Å²) in [6.45, 7) is 10.7. The van der Waals surface area contributed by atoms with Crippen LogP contribution < -0.4 is 20.4 Å². The quantitative estimate of drug-likeness (QED) is 0.524. The van der Waals surface area contributed by atoms with E-state index in [2.05, 4.69) is 40.3 Å². The van der Waals surface area contributed by atoms with Crippen LogP contribution >= 0.6 is 12.2 Å². The number of halogens is 1. The first-order valence-electron chi connectivity index (χ1n) is 13.7. The molecule has 7 nitrogen and oxygen atoms in total. The molecule has 37 heavy (non-hydrogen) atoms. The van der Waals surface area contributed by atoms with Crippen LogP contribution in [0.15, 0.2) is 30.3 Å². The highest BCUT2D eigenvalue weighted by atomic mass is 32.1. The van der Waals surface area contributed by atoms with Crippen molar-refractivity contribution in [1.29, 1.82) is 0 Å². The molecule has 0 aliphatic carbocycles. The normalized spacial score (nSPS) is 23.6. The van der Waals surface area contributed by atoms with Gasteiger partial charge in [0, 0.05) is 57.4 Å². The molecule has 0 radical (unpaired) electrons. The summed E-state index contributed by atoms with van der Waals surface area (Å²) in [5, 5.41) is 7.20. The summed E-state index contributed by atoms with van der Waals surface area (Å²) in [6.07, 6.45) is 5.33. The van der Waals surface area contributed by atoms with E-state index in [4.69, 9.17) is 26.9 Å². The number of rotatable bonds is 6. The van der Waals surface area contributed by atoms with Gasteiger partial charge in [0.1, 0.15) is 17.5 Å². The lowest BCUT2D eigenvalue weighted by atomic mass is 9.74. The number of nitrogens with one attached hydrogen (secondary N) is 2. The molecule has 2 unspecified atom stereocenters. The van der Waals surface area contributed by atoms with Gasteiger partial charge in [-0.05, 0) is 73.9 Å². The molecule has 3 aliphatic heterocycles. The first kappa shape index (κ1) is 26.1. The average molecular weight is 527 g/mol. The Kier molecular flexibility index (Phi) is 8.09. The molecule has 1 aromatic heterocycles. The molecular formula is C28H39FN6OS. The van der Waals surface area contributed by atoms with Gasteiger partial charge in [-0.15, -0.1) is 0 Å². The topological polar surface area (TPSA) is 65.5 Å². The molecular weight excluding hydrogens is 487 g/mol. The maximum Gasteiger partial charge on any atom is 0.232 e. The van der Waals surface area contributed by atoms with Gasteiger partial charge in [0.2, 0.25) is 5.95 Å². The van der Waals surface area contributed by atoms with E-state index in [1.165, 1.54) is 31.4 Å². The van der Waals surface area contributed by atoms with Gasteiger partial charge in [-0.3, -0.25) is 0 Å². The van der Waals surface area contributed by atoms with Crippen molar-refractivity contribution in [2.75, 3.05) is 61.1 Å². The van der Waals surface area contributed by atoms with Crippen LogP contribution in [-0.4, -0.2) is 61.0 Å². The van der Waals surface area contributed by atoms with E-state index in [0.29, 0.717) is 42.7 Å². The minimum Gasteiger partial charge on any atom is -0.381 e. The summed E-state index contributed by atoms with van der Waals surface area (Å²) >= 11 is 5.72. The Hall–Kier alpha value is -2.52. The van der Waals surface area contributed by atoms with Crippen molar-refractivity contribution in [3.63, 3.8) is 0 Å². The van der Waals surface area contributed by atoms with Crippen LogP contribution in [0.2, 0.25) is 0 Å². The zero-order valence-corrected chi connectivity index (χ0v) is 22.8. The lowest BCUT2D eigenvalue weighted by molar-refractivity contribution is 0.0515.